The second kappa shape index (κ2) is 13.4. The van der Waals surface area contributed by atoms with Crippen LogP contribution in [-0.2, 0) is 16.0 Å². The van der Waals surface area contributed by atoms with Crippen LogP contribution in [-0.4, -0.2) is 42.0 Å². The number of carboxylic acids is 1. The summed E-state index contributed by atoms with van der Waals surface area (Å²) in [5.41, 5.74) is 2.94. The maximum atomic E-state index is 13.1. The zero-order valence-corrected chi connectivity index (χ0v) is 23.7. The van der Waals surface area contributed by atoms with Gasteiger partial charge in [-0.25, -0.2) is 4.79 Å². The van der Waals surface area contributed by atoms with Crippen LogP contribution in [0.5, 0.6) is 5.75 Å². The molecule has 0 aliphatic heterocycles. The number of ketones is 1. The number of anilines is 2. The van der Waals surface area contributed by atoms with Crippen molar-refractivity contribution in [2.24, 2.45) is 5.92 Å². The Labute approximate surface area is 249 Å². The van der Waals surface area contributed by atoms with Crippen LogP contribution in [0.1, 0.15) is 34.3 Å². The minimum Gasteiger partial charge on any atom is -0.492 e. The highest BCUT2D eigenvalue weighted by Gasteiger charge is 2.34. The first-order valence-corrected chi connectivity index (χ1v) is 14.2. The van der Waals surface area contributed by atoms with Gasteiger partial charge in [-0.05, 0) is 60.9 Å². The summed E-state index contributed by atoms with van der Waals surface area (Å²) in [6.07, 6.45) is 2.00. The Bertz CT molecular complexity index is 1550. The van der Waals surface area contributed by atoms with Gasteiger partial charge in [0.05, 0.1) is 6.54 Å². The van der Waals surface area contributed by atoms with Crippen molar-refractivity contribution in [3.8, 4) is 5.75 Å². The zero-order valence-electron chi connectivity index (χ0n) is 22.9. The van der Waals surface area contributed by atoms with E-state index in [9.17, 15) is 19.5 Å². The van der Waals surface area contributed by atoms with Crippen LogP contribution in [0.15, 0.2) is 103 Å². The van der Waals surface area contributed by atoms with Crippen molar-refractivity contribution in [2.75, 3.05) is 23.4 Å². The molecule has 0 spiro atoms. The average Bonchev–Trinajstić information content (AvgIpc) is 3.86. The van der Waals surface area contributed by atoms with Crippen LogP contribution in [0, 0.1) is 5.92 Å². The number of hydrogen-bond donors (Lipinski definition) is 2. The maximum Gasteiger partial charge on any atom is 0.326 e. The van der Waals surface area contributed by atoms with Crippen LogP contribution in [0.2, 0.25) is 5.02 Å². The molecule has 1 aliphatic carbocycles. The fourth-order valence-corrected chi connectivity index (χ4v) is 4.90. The predicted molar refractivity (Wildman–Crippen MR) is 164 cm³/mol. The van der Waals surface area contributed by atoms with Crippen molar-refractivity contribution >= 4 is 40.6 Å². The van der Waals surface area contributed by atoms with E-state index in [2.05, 4.69) is 5.32 Å². The first-order valence-electron chi connectivity index (χ1n) is 13.9. The Morgan fingerprint density at radius 1 is 0.905 bits per heavy atom. The number of carboxylic acid groups (broad SMARTS) is 1. The molecule has 5 rings (SSSR count). The quantitative estimate of drug-likeness (QED) is 0.175. The van der Waals surface area contributed by atoms with Gasteiger partial charge in [-0.2, -0.15) is 0 Å². The Morgan fingerprint density at radius 2 is 1.62 bits per heavy atom. The molecule has 7 nitrogen and oxygen atoms in total. The van der Waals surface area contributed by atoms with Crippen LogP contribution >= 0.6 is 11.6 Å². The summed E-state index contributed by atoms with van der Waals surface area (Å²) in [4.78, 5) is 39.8. The average molecular weight is 583 g/mol. The van der Waals surface area contributed by atoms with Crippen LogP contribution < -0.4 is 15.0 Å². The topological polar surface area (TPSA) is 95.9 Å². The number of aliphatic carboxylic acids is 1. The molecular formula is C34H31ClN2O5. The summed E-state index contributed by atoms with van der Waals surface area (Å²) in [7, 11) is 0. The minimum atomic E-state index is -1.03. The van der Waals surface area contributed by atoms with Crippen molar-refractivity contribution in [3.05, 3.63) is 125 Å². The molecule has 8 heteroatoms. The lowest BCUT2D eigenvalue weighted by molar-refractivity contribution is -0.137. The second-order valence-corrected chi connectivity index (χ2v) is 10.7. The maximum absolute atomic E-state index is 13.1. The molecule has 214 valence electrons. The molecular weight excluding hydrogens is 552 g/mol. The summed E-state index contributed by atoms with van der Waals surface area (Å²) >= 11 is 6.16. The molecule has 0 unspecified atom stereocenters. The van der Waals surface area contributed by atoms with E-state index in [-0.39, 0.29) is 30.6 Å². The first kappa shape index (κ1) is 28.9. The van der Waals surface area contributed by atoms with E-state index < -0.39 is 12.0 Å². The number of carbonyl (C=O) groups excluding carboxylic acids is 2. The van der Waals surface area contributed by atoms with Crippen molar-refractivity contribution < 1.29 is 24.2 Å². The Hall–Kier alpha value is -4.62. The molecule has 0 bridgehead atoms. The molecule has 2 N–H and O–H groups in total. The van der Waals surface area contributed by atoms with Crippen molar-refractivity contribution in [2.45, 2.75) is 25.3 Å². The van der Waals surface area contributed by atoms with E-state index >= 15 is 0 Å². The fourth-order valence-electron chi connectivity index (χ4n) is 4.71. The molecule has 1 aliphatic rings. The van der Waals surface area contributed by atoms with Gasteiger partial charge in [-0.15, -0.1) is 0 Å². The van der Waals surface area contributed by atoms with E-state index in [1.165, 1.54) is 0 Å². The smallest absolute Gasteiger partial charge is 0.326 e. The van der Waals surface area contributed by atoms with Gasteiger partial charge in [0.1, 0.15) is 18.4 Å². The van der Waals surface area contributed by atoms with Crippen molar-refractivity contribution in [1.82, 2.24) is 0 Å². The van der Waals surface area contributed by atoms with Crippen LogP contribution in [0.4, 0.5) is 11.4 Å². The lowest BCUT2D eigenvalue weighted by Crippen LogP contribution is -2.35. The fraction of sp³-hybridized carbons (Fsp3) is 0.206. The number of nitrogens with one attached hydrogen (secondary N) is 1. The Balaban J connectivity index is 1.21. The number of halogens is 1. The Kier molecular flexibility index (Phi) is 9.19. The highest BCUT2D eigenvalue weighted by atomic mass is 35.5. The monoisotopic (exact) mass is 582 g/mol. The number of amides is 1. The van der Waals surface area contributed by atoms with Gasteiger partial charge in [-0.1, -0.05) is 72.3 Å². The molecule has 1 fully saturated rings. The van der Waals surface area contributed by atoms with Crippen molar-refractivity contribution in [1.29, 1.82) is 0 Å². The number of carbonyl (C=O) groups is 3. The summed E-state index contributed by atoms with van der Waals surface area (Å²) in [6.45, 7) is 0.666. The molecule has 0 heterocycles. The van der Waals surface area contributed by atoms with Gasteiger partial charge in [0, 0.05) is 39.9 Å². The summed E-state index contributed by atoms with van der Waals surface area (Å²) in [5.74, 6) is -0.462. The molecule has 4 aromatic carbocycles. The van der Waals surface area contributed by atoms with Gasteiger partial charge in [0.15, 0.2) is 5.78 Å². The molecule has 0 radical (unpaired) electrons. The number of hydrogen-bond acceptors (Lipinski definition) is 5. The van der Waals surface area contributed by atoms with E-state index in [1.807, 2.05) is 30.3 Å². The van der Waals surface area contributed by atoms with E-state index in [0.717, 1.165) is 24.1 Å². The summed E-state index contributed by atoms with van der Waals surface area (Å²) in [6, 6.07) is 29.3. The van der Waals surface area contributed by atoms with E-state index in [1.54, 1.807) is 77.7 Å². The number of ether oxygens (including phenoxy) is 1. The summed E-state index contributed by atoms with van der Waals surface area (Å²) < 4.78 is 5.93. The first-order chi connectivity index (χ1) is 20.4. The Morgan fingerprint density at radius 3 is 2.31 bits per heavy atom. The molecule has 1 amide bonds. The van der Waals surface area contributed by atoms with E-state index in [4.69, 9.17) is 16.3 Å². The van der Waals surface area contributed by atoms with Gasteiger partial charge in [0.25, 0.3) is 0 Å². The minimum absolute atomic E-state index is 0.0579. The lowest BCUT2D eigenvalue weighted by atomic mass is 10.00. The normalized spacial score (nSPS) is 13.2. The molecule has 0 saturated heterocycles. The van der Waals surface area contributed by atoms with Crippen LogP contribution in [0.3, 0.4) is 0 Å². The zero-order chi connectivity index (χ0) is 29.5. The third-order valence-corrected chi connectivity index (χ3v) is 7.33. The largest absolute Gasteiger partial charge is 0.492 e. The standard InChI is InChI=1S/C34H31ClN2O5/c35-26-9-6-10-27(22-26)37(33(39)25-15-16-25)19-20-42-28-17-13-23(14-18-28)21-31(34(40)41)36-30-12-5-4-11-29(30)32(38)24-7-2-1-3-8-24/h1-14,17-18,22,25,31,36H,15-16,19-21H2,(H,40,41)/t31-/m0/s1. The molecule has 1 saturated carbocycles. The number of para-hydroxylation sites is 1. The SMILES string of the molecule is O=C(c1ccccc1)c1ccccc1N[C@@H](Cc1ccc(OCCN(C(=O)C2CC2)c2cccc(Cl)c2)cc1)C(=O)O. The number of rotatable bonds is 13. The third kappa shape index (κ3) is 7.36. The van der Waals surface area contributed by atoms with Gasteiger partial charge >= 0.3 is 5.97 Å². The molecule has 1 atom stereocenters. The second-order valence-electron chi connectivity index (χ2n) is 10.2. The van der Waals surface area contributed by atoms with Gasteiger partial charge in [0.2, 0.25) is 5.91 Å². The van der Waals surface area contributed by atoms with Crippen molar-refractivity contribution in [3.63, 3.8) is 0 Å². The molecule has 42 heavy (non-hydrogen) atoms. The van der Waals surface area contributed by atoms with Gasteiger partial charge in [-0.3, -0.25) is 9.59 Å². The lowest BCUT2D eigenvalue weighted by Gasteiger charge is -2.23. The third-order valence-electron chi connectivity index (χ3n) is 7.09. The number of benzene rings is 4. The number of nitrogens with zero attached hydrogens (tertiary/aromatic N) is 1. The molecule has 4 aromatic rings. The molecule has 0 aromatic heterocycles. The highest BCUT2D eigenvalue weighted by molar-refractivity contribution is 6.31. The van der Waals surface area contributed by atoms with Crippen LogP contribution in [0.25, 0.3) is 0 Å². The van der Waals surface area contributed by atoms with E-state index in [0.29, 0.717) is 34.1 Å². The highest BCUT2D eigenvalue weighted by Crippen LogP contribution is 2.33. The summed E-state index contributed by atoms with van der Waals surface area (Å²) in [5, 5.41) is 13.6. The predicted octanol–water partition coefficient (Wildman–Crippen LogP) is 6.50. The van der Waals surface area contributed by atoms with Gasteiger partial charge < -0.3 is 20.1 Å².